The van der Waals surface area contributed by atoms with Crippen molar-refractivity contribution in [2.24, 2.45) is 0 Å². The van der Waals surface area contributed by atoms with Crippen LogP contribution in [-0.4, -0.2) is 49.8 Å². The average Bonchev–Trinajstić information content (AvgIpc) is 2.87. The number of anilines is 1. The molecule has 2 heterocycles. The van der Waals surface area contributed by atoms with E-state index in [9.17, 15) is 18.0 Å². The molecule has 0 aliphatic carbocycles. The van der Waals surface area contributed by atoms with E-state index < -0.39 is 22.5 Å². The molecule has 22 heavy (non-hydrogen) atoms. The van der Waals surface area contributed by atoms with Crippen molar-refractivity contribution in [3.63, 3.8) is 0 Å². The fourth-order valence-electron chi connectivity index (χ4n) is 3.03. The van der Waals surface area contributed by atoms with Gasteiger partial charge in [0, 0.05) is 20.0 Å². The first-order chi connectivity index (χ1) is 10.3. The van der Waals surface area contributed by atoms with Gasteiger partial charge in [-0.15, -0.1) is 0 Å². The largest absolute Gasteiger partial charge is 0.480 e. The quantitative estimate of drug-likeness (QED) is 0.855. The van der Waals surface area contributed by atoms with E-state index in [-0.39, 0.29) is 10.8 Å². The van der Waals surface area contributed by atoms with Gasteiger partial charge in [0.05, 0.1) is 10.6 Å². The fourth-order valence-corrected chi connectivity index (χ4v) is 4.25. The number of sulfonamides is 1. The Morgan fingerprint density at radius 1 is 1.27 bits per heavy atom. The molecule has 0 fully saturated rings. The van der Waals surface area contributed by atoms with Crippen LogP contribution in [0, 0.1) is 0 Å². The summed E-state index contributed by atoms with van der Waals surface area (Å²) in [6.45, 7) is -0.00497. The van der Waals surface area contributed by atoms with Crippen LogP contribution in [0.5, 0.6) is 0 Å². The van der Waals surface area contributed by atoms with Gasteiger partial charge in [0.2, 0.25) is 15.9 Å². The first kappa shape index (κ1) is 15.0. The Balaban J connectivity index is 2.04. The van der Waals surface area contributed by atoms with Crippen molar-refractivity contribution < 1.29 is 23.1 Å². The van der Waals surface area contributed by atoms with Crippen LogP contribution in [0.1, 0.15) is 17.5 Å². The molecule has 7 nitrogen and oxygen atoms in total. The third-order valence-corrected chi connectivity index (χ3v) is 5.87. The SMILES string of the molecule is CN(CC(=O)O)S(=O)(=O)c1cc2c3c(c1)CCN3C(=O)CC2. The minimum atomic E-state index is -3.85. The summed E-state index contributed by atoms with van der Waals surface area (Å²) in [5, 5.41) is 8.77. The van der Waals surface area contributed by atoms with Crippen LogP contribution in [-0.2, 0) is 32.5 Å². The van der Waals surface area contributed by atoms with Gasteiger partial charge >= 0.3 is 5.97 Å². The first-order valence-corrected chi connectivity index (χ1v) is 8.39. The van der Waals surface area contributed by atoms with E-state index in [2.05, 4.69) is 0 Å². The van der Waals surface area contributed by atoms with Gasteiger partial charge in [-0.25, -0.2) is 8.42 Å². The molecule has 1 N–H and O–H groups in total. The van der Waals surface area contributed by atoms with Crippen molar-refractivity contribution in [2.75, 3.05) is 25.0 Å². The van der Waals surface area contributed by atoms with Crippen molar-refractivity contribution in [3.05, 3.63) is 23.3 Å². The molecule has 0 bridgehead atoms. The van der Waals surface area contributed by atoms with Crippen LogP contribution in [0.3, 0.4) is 0 Å². The summed E-state index contributed by atoms with van der Waals surface area (Å²) in [5.74, 6) is -1.13. The second-order valence-electron chi connectivity index (χ2n) is 5.54. The zero-order valence-corrected chi connectivity index (χ0v) is 12.9. The average molecular weight is 324 g/mol. The lowest BCUT2D eigenvalue weighted by atomic mass is 10.00. The van der Waals surface area contributed by atoms with E-state index >= 15 is 0 Å². The Morgan fingerprint density at radius 3 is 2.55 bits per heavy atom. The number of nitrogens with zero attached hydrogens (tertiary/aromatic N) is 2. The predicted molar refractivity (Wildman–Crippen MR) is 78.3 cm³/mol. The van der Waals surface area contributed by atoms with E-state index in [1.54, 1.807) is 17.0 Å². The normalized spacial score (nSPS) is 17.0. The Bertz CT molecular complexity index is 772. The molecule has 118 valence electrons. The molecule has 1 aromatic rings. The number of likely N-dealkylation sites (N-methyl/N-ethyl adjacent to an activating group) is 1. The second kappa shape index (κ2) is 5.06. The third-order valence-electron chi connectivity index (χ3n) is 4.09. The molecule has 0 unspecified atom stereocenters. The first-order valence-electron chi connectivity index (χ1n) is 6.95. The molecule has 2 aliphatic heterocycles. The van der Waals surface area contributed by atoms with Crippen LogP contribution in [0.25, 0.3) is 0 Å². The molecule has 8 heteroatoms. The van der Waals surface area contributed by atoms with Gasteiger partial charge in [-0.05, 0) is 36.1 Å². The maximum atomic E-state index is 12.5. The number of aliphatic carboxylic acids is 1. The van der Waals surface area contributed by atoms with Gasteiger partial charge in [0.1, 0.15) is 6.54 Å². The molecule has 1 amide bonds. The molecule has 0 saturated carbocycles. The molecule has 1 aromatic carbocycles. The summed E-state index contributed by atoms with van der Waals surface area (Å²) in [6, 6.07) is 3.13. The van der Waals surface area contributed by atoms with Gasteiger partial charge in [0.15, 0.2) is 0 Å². The molecule has 0 aromatic heterocycles. The summed E-state index contributed by atoms with van der Waals surface area (Å²) in [4.78, 5) is 24.4. The van der Waals surface area contributed by atoms with Crippen LogP contribution in [0.4, 0.5) is 5.69 Å². The van der Waals surface area contributed by atoms with Gasteiger partial charge < -0.3 is 10.0 Å². The number of carboxylic acids is 1. The van der Waals surface area contributed by atoms with Gasteiger partial charge in [0.25, 0.3) is 0 Å². The van der Waals surface area contributed by atoms with Gasteiger partial charge in [-0.1, -0.05) is 0 Å². The summed E-state index contributed by atoms with van der Waals surface area (Å²) >= 11 is 0. The minimum absolute atomic E-state index is 0.0739. The Labute approximate surface area is 128 Å². The number of amides is 1. The maximum absolute atomic E-state index is 12.5. The van der Waals surface area contributed by atoms with E-state index in [0.717, 1.165) is 21.1 Å². The van der Waals surface area contributed by atoms with Crippen molar-refractivity contribution in [3.8, 4) is 0 Å². The van der Waals surface area contributed by atoms with Crippen LogP contribution >= 0.6 is 0 Å². The number of carbonyl (C=O) groups excluding carboxylic acids is 1. The maximum Gasteiger partial charge on any atom is 0.318 e. The van der Waals surface area contributed by atoms with Crippen molar-refractivity contribution in [1.82, 2.24) is 4.31 Å². The lowest BCUT2D eigenvalue weighted by molar-refractivity contribution is -0.137. The van der Waals surface area contributed by atoms with Gasteiger partial charge in [-0.3, -0.25) is 9.59 Å². The molecule has 0 atom stereocenters. The zero-order valence-electron chi connectivity index (χ0n) is 12.1. The molecular weight excluding hydrogens is 308 g/mol. The molecule has 0 spiro atoms. The predicted octanol–water partition coefficient (Wildman–Crippen LogP) is 0.227. The summed E-state index contributed by atoms with van der Waals surface area (Å²) < 4.78 is 25.8. The third kappa shape index (κ3) is 2.28. The Kier molecular flexibility index (Phi) is 3.45. The highest BCUT2D eigenvalue weighted by Gasteiger charge is 2.33. The number of carbonyl (C=O) groups is 2. The molecule has 0 radical (unpaired) electrons. The molecular formula is C14H16N2O5S. The summed E-state index contributed by atoms with van der Waals surface area (Å²) in [5.41, 5.74) is 2.53. The number of rotatable bonds is 4. The monoisotopic (exact) mass is 324 g/mol. The van der Waals surface area contributed by atoms with Crippen molar-refractivity contribution >= 4 is 27.6 Å². The Hall–Kier alpha value is -1.93. The Morgan fingerprint density at radius 2 is 1.91 bits per heavy atom. The van der Waals surface area contributed by atoms with Crippen LogP contribution < -0.4 is 4.90 Å². The van der Waals surface area contributed by atoms with E-state index in [1.165, 1.54) is 7.05 Å². The number of benzene rings is 1. The lowest BCUT2D eigenvalue weighted by Crippen LogP contribution is -2.34. The van der Waals surface area contributed by atoms with Gasteiger partial charge in [-0.2, -0.15) is 4.31 Å². The minimum Gasteiger partial charge on any atom is -0.480 e. The smallest absolute Gasteiger partial charge is 0.318 e. The zero-order chi connectivity index (χ0) is 16.1. The van der Waals surface area contributed by atoms with Crippen LogP contribution in [0.15, 0.2) is 17.0 Å². The van der Waals surface area contributed by atoms with E-state index in [0.29, 0.717) is 25.8 Å². The van der Waals surface area contributed by atoms with Crippen molar-refractivity contribution in [2.45, 2.75) is 24.2 Å². The summed E-state index contributed by atoms with van der Waals surface area (Å²) in [6.07, 6.45) is 1.52. The van der Waals surface area contributed by atoms with E-state index in [1.807, 2.05) is 0 Å². The van der Waals surface area contributed by atoms with Crippen LogP contribution in [0.2, 0.25) is 0 Å². The number of hydrogen-bond donors (Lipinski definition) is 1. The highest BCUT2D eigenvalue weighted by molar-refractivity contribution is 7.89. The number of carboxylic acid groups (broad SMARTS) is 1. The number of aryl methyl sites for hydroxylation is 1. The second-order valence-corrected chi connectivity index (χ2v) is 7.59. The van der Waals surface area contributed by atoms with Crippen molar-refractivity contribution in [1.29, 1.82) is 0 Å². The standard InChI is InChI=1S/C14H16N2O5S/c1-15(8-13(18)19)22(20,21)11-6-9-2-3-12(17)16-5-4-10(7-11)14(9)16/h6-7H,2-5,8H2,1H3,(H,18,19). The topological polar surface area (TPSA) is 95.0 Å². The number of hydrogen-bond acceptors (Lipinski definition) is 4. The highest BCUT2D eigenvalue weighted by atomic mass is 32.2. The molecule has 2 aliphatic rings. The fraction of sp³-hybridized carbons (Fsp3) is 0.429. The molecule has 0 saturated heterocycles. The highest BCUT2D eigenvalue weighted by Crippen LogP contribution is 2.38. The lowest BCUT2D eigenvalue weighted by Gasteiger charge is -2.26. The summed E-state index contributed by atoms with van der Waals surface area (Å²) in [7, 11) is -2.60. The molecule has 3 rings (SSSR count). The van der Waals surface area contributed by atoms with E-state index in [4.69, 9.17) is 5.11 Å².